The molecule has 0 radical (unpaired) electrons. The van der Waals surface area contributed by atoms with Gasteiger partial charge in [0.2, 0.25) is 5.78 Å². The lowest BCUT2D eigenvalue weighted by molar-refractivity contribution is -0.135. The van der Waals surface area contributed by atoms with Crippen LogP contribution in [0.4, 0.5) is 5.82 Å². The second kappa shape index (κ2) is 7.32. The molecule has 1 amide bonds. The lowest BCUT2D eigenvalue weighted by Crippen LogP contribution is -2.30. The minimum absolute atomic E-state index is 0.0467. The zero-order valence-corrected chi connectivity index (χ0v) is 18.0. The van der Waals surface area contributed by atoms with Crippen LogP contribution in [0.25, 0.3) is 0 Å². The molecule has 1 aliphatic heterocycles. The molecule has 1 aliphatic rings. The molecule has 2 aromatic heterocycles. The lowest BCUT2D eigenvalue weighted by Gasteiger charge is -2.26. The van der Waals surface area contributed by atoms with E-state index in [0.717, 1.165) is 5.56 Å². The quantitative estimate of drug-likeness (QED) is 0.351. The van der Waals surface area contributed by atoms with E-state index in [2.05, 4.69) is 25.9 Å². The largest absolute Gasteiger partial charge is 0.360 e. The van der Waals surface area contributed by atoms with E-state index >= 15 is 0 Å². The first-order valence-corrected chi connectivity index (χ1v) is 10.6. The van der Waals surface area contributed by atoms with Crippen molar-refractivity contribution in [2.24, 2.45) is 5.92 Å². The van der Waals surface area contributed by atoms with Gasteiger partial charge in [-0.15, -0.1) is 11.3 Å². The van der Waals surface area contributed by atoms with E-state index < -0.39 is 23.7 Å². The van der Waals surface area contributed by atoms with E-state index in [0.29, 0.717) is 16.2 Å². The molecule has 4 rings (SSSR count). The number of nitrogens with zero attached hydrogens (tertiary/aromatic N) is 2. The number of benzene rings is 1. The van der Waals surface area contributed by atoms with Gasteiger partial charge in [-0.1, -0.05) is 56.3 Å². The van der Waals surface area contributed by atoms with Crippen LogP contribution in [-0.2, 0) is 15.0 Å². The fraction of sp³-hybridized carbons (Fsp3) is 0.304. The summed E-state index contributed by atoms with van der Waals surface area (Å²) < 4.78 is 5.14. The highest BCUT2D eigenvalue weighted by molar-refractivity contribution is 7.12. The predicted octanol–water partition coefficient (Wildman–Crippen LogP) is 4.50. The zero-order valence-electron chi connectivity index (χ0n) is 17.2. The van der Waals surface area contributed by atoms with Crippen LogP contribution in [0.3, 0.4) is 0 Å². The minimum atomic E-state index is -1.13. The highest BCUT2D eigenvalue weighted by atomic mass is 32.1. The van der Waals surface area contributed by atoms with Crippen molar-refractivity contribution in [2.45, 2.75) is 39.2 Å². The Morgan fingerprint density at radius 1 is 1.13 bits per heavy atom. The summed E-state index contributed by atoms with van der Waals surface area (Å²) in [6.07, 6.45) is 0. The summed E-state index contributed by atoms with van der Waals surface area (Å²) in [4.78, 5) is 40.9. The molecule has 154 valence electrons. The molecule has 1 fully saturated rings. The first-order chi connectivity index (χ1) is 14.2. The minimum Gasteiger partial charge on any atom is -0.360 e. The van der Waals surface area contributed by atoms with E-state index in [4.69, 9.17) is 4.52 Å². The molecule has 0 saturated carbocycles. The van der Waals surface area contributed by atoms with Crippen LogP contribution in [0.5, 0.6) is 0 Å². The third-order valence-corrected chi connectivity index (χ3v) is 6.22. The molecule has 7 heteroatoms. The third-order valence-electron chi connectivity index (χ3n) is 5.33. The molecule has 1 saturated heterocycles. The Morgan fingerprint density at radius 2 is 1.83 bits per heavy atom. The number of hydrogen-bond donors (Lipinski definition) is 0. The van der Waals surface area contributed by atoms with Crippen LogP contribution >= 0.6 is 11.3 Å². The molecular weight excluding hydrogens is 400 g/mol. The van der Waals surface area contributed by atoms with Crippen molar-refractivity contribution in [3.05, 3.63) is 69.6 Å². The van der Waals surface area contributed by atoms with Gasteiger partial charge in [0.1, 0.15) is 11.7 Å². The molecule has 30 heavy (non-hydrogen) atoms. The van der Waals surface area contributed by atoms with Gasteiger partial charge < -0.3 is 4.52 Å². The van der Waals surface area contributed by atoms with Gasteiger partial charge in [0, 0.05) is 6.07 Å². The summed E-state index contributed by atoms with van der Waals surface area (Å²) >= 11 is 1.26. The summed E-state index contributed by atoms with van der Waals surface area (Å²) in [6.45, 7) is 8.04. The molecule has 0 bridgehead atoms. The van der Waals surface area contributed by atoms with Crippen LogP contribution < -0.4 is 4.90 Å². The van der Waals surface area contributed by atoms with E-state index in [9.17, 15) is 14.4 Å². The first-order valence-electron chi connectivity index (χ1n) is 9.67. The fourth-order valence-corrected chi connectivity index (χ4v) is 4.44. The average molecular weight is 423 g/mol. The molecule has 0 N–H and O–H groups in total. The van der Waals surface area contributed by atoms with Crippen molar-refractivity contribution >= 4 is 34.6 Å². The van der Waals surface area contributed by atoms with Crippen LogP contribution in [0.2, 0.25) is 0 Å². The van der Waals surface area contributed by atoms with E-state index in [-0.39, 0.29) is 17.0 Å². The molecule has 2 atom stereocenters. The van der Waals surface area contributed by atoms with E-state index in [1.807, 2.05) is 24.3 Å². The summed E-state index contributed by atoms with van der Waals surface area (Å²) in [6, 6.07) is 12.0. The van der Waals surface area contributed by atoms with Crippen molar-refractivity contribution in [1.29, 1.82) is 0 Å². The highest BCUT2D eigenvalue weighted by Crippen LogP contribution is 2.41. The second-order valence-corrected chi connectivity index (χ2v) is 9.42. The molecule has 3 heterocycles. The molecule has 2 unspecified atom stereocenters. The Bertz CT molecular complexity index is 1110. The number of amides is 1. The molecular formula is C23H22N2O4S. The van der Waals surface area contributed by atoms with Gasteiger partial charge in [-0.05, 0) is 34.9 Å². The van der Waals surface area contributed by atoms with E-state index in [1.54, 1.807) is 30.5 Å². The number of carbonyl (C=O) groups is 3. The monoisotopic (exact) mass is 422 g/mol. The molecule has 6 nitrogen and oxygen atoms in total. The van der Waals surface area contributed by atoms with Gasteiger partial charge in [-0.2, -0.15) is 0 Å². The SMILES string of the molecule is Cc1cc(N2C(=O)C(=O)C(C(=O)c3cccs3)C2c2ccc(C(C)(C)C)cc2)no1. The highest BCUT2D eigenvalue weighted by Gasteiger charge is 2.53. The summed E-state index contributed by atoms with van der Waals surface area (Å²) in [5.74, 6) is -2.20. The smallest absolute Gasteiger partial charge is 0.297 e. The molecule has 0 spiro atoms. The average Bonchev–Trinajstić information content (AvgIpc) is 3.42. The van der Waals surface area contributed by atoms with Crippen molar-refractivity contribution in [2.75, 3.05) is 4.90 Å². The van der Waals surface area contributed by atoms with Gasteiger partial charge in [-0.25, -0.2) is 0 Å². The van der Waals surface area contributed by atoms with Gasteiger partial charge in [0.05, 0.1) is 10.9 Å². The number of Topliss-reactive ketones (excluding diaryl/α,β-unsaturated/α-hetero) is 2. The van der Waals surface area contributed by atoms with Crippen molar-refractivity contribution in [1.82, 2.24) is 5.16 Å². The Hall–Kier alpha value is -3.06. The van der Waals surface area contributed by atoms with Crippen molar-refractivity contribution in [3.8, 4) is 0 Å². The van der Waals surface area contributed by atoms with Gasteiger partial charge in [0.25, 0.3) is 5.91 Å². The number of anilines is 1. The summed E-state index contributed by atoms with van der Waals surface area (Å²) in [7, 11) is 0. The lowest BCUT2D eigenvalue weighted by atomic mass is 9.84. The molecule has 0 aliphatic carbocycles. The number of hydrogen-bond acceptors (Lipinski definition) is 6. The second-order valence-electron chi connectivity index (χ2n) is 8.47. The number of aromatic nitrogens is 1. The Balaban J connectivity index is 1.83. The summed E-state index contributed by atoms with van der Waals surface area (Å²) in [5.41, 5.74) is 1.78. The normalized spacial score (nSPS) is 19.5. The number of ketones is 2. The van der Waals surface area contributed by atoms with Crippen molar-refractivity contribution < 1.29 is 18.9 Å². The number of rotatable bonds is 4. The van der Waals surface area contributed by atoms with Gasteiger partial charge in [-0.3, -0.25) is 19.3 Å². The maximum absolute atomic E-state index is 13.2. The third kappa shape index (κ3) is 3.39. The van der Waals surface area contributed by atoms with Gasteiger partial charge in [0.15, 0.2) is 11.6 Å². The van der Waals surface area contributed by atoms with E-state index in [1.165, 1.54) is 16.2 Å². The predicted molar refractivity (Wildman–Crippen MR) is 114 cm³/mol. The van der Waals surface area contributed by atoms with Crippen LogP contribution in [-0.4, -0.2) is 22.6 Å². The van der Waals surface area contributed by atoms with Gasteiger partial charge >= 0.3 is 0 Å². The number of carbonyl (C=O) groups excluding carboxylic acids is 3. The Morgan fingerprint density at radius 3 is 2.37 bits per heavy atom. The van der Waals surface area contributed by atoms with Crippen LogP contribution in [0, 0.1) is 12.8 Å². The standard InChI is InChI=1S/C23H22N2O4S/c1-13-12-17(24-29-13)25-19(14-7-9-15(10-8-14)23(2,3)4)18(21(27)22(25)28)20(26)16-6-5-11-30-16/h5-12,18-19H,1-4H3. The Kier molecular flexibility index (Phi) is 4.94. The Labute approximate surface area is 178 Å². The maximum atomic E-state index is 13.2. The van der Waals surface area contributed by atoms with Crippen LogP contribution in [0.1, 0.15) is 53.4 Å². The topological polar surface area (TPSA) is 80.5 Å². The summed E-state index contributed by atoms with van der Waals surface area (Å²) in [5, 5.41) is 5.72. The fourth-order valence-electron chi connectivity index (χ4n) is 3.74. The number of thiophene rings is 1. The molecule has 1 aromatic carbocycles. The van der Waals surface area contributed by atoms with Crippen LogP contribution in [0.15, 0.2) is 52.4 Å². The van der Waals surface area contributed by atoms with Crippen molar-refractivity contribution in [3.63, 3.8) is 0 Å². The first kappa shape index (κ1) is 20.2. The maximum Gasteiger partial charge on any atom is 0.297 e. The number of aryl methyl sites for hydroxylation is 1. The molecule has 3 aromatic rings. The zero-order chi connectivity index (χ0) is 21.6.